The summed E-state index contributed by atoms with van der Waals surface area (Å²) in [5, 5.41) is 7.12. The third-order valence-corrected chi connectivity index (χ3v) is 5.68. The number of halogens is 2. The molecule has 1 aromatic carbocycles. The Morgan fingerprint density at radius 3 is 2.81 bits per heavy atom. The van der Waals surface area contributed by atoms with Gasteiger partial charge in [0.15, 0.2) is 11.5 Å². The lowest BCUT2D eigenvalue weighted by Crippen LogP contribution is -2.24. The van der Waals surface area contributed by atoms with Crippen LogP contribution >= 0.6 is 11.6 Å². The second-order valence-electron chi connectivity index (χ2n) is 7.97. The number of rotatable bonds is 4. The molecule has 0 fully saturated rings. The number of pyridine rings is 1. The third kappa shape index (κ3) is 3.53. The molecule has 1 aliphatic rings. The number of benzene rings is 1. The van der Waals surface area contributed by atoms with E-state index < -0.39 is 0 Å². The average Bonchev–Trinajstić information content (AvgIpc) is 3.06. The average molecular weight is 454 g/mol. The summed E-state index contributed by atoms with van der Waals surface area (Å²) in [6.45, 7) is 5.14. The minimum Gasteiger partial charge on any atom is -0.324 e. The van der Waals surface area contributed by atoms with E-state index in [1.54, 1.807) is 21.5 Å². The first kappa shape index (κ1) is 20.6. The molecular formula is C22H21ClFN7O. The van der Waals surface area contributed by atoms with Crippen LogP contribution in [-0.4, -0.2) is 30.9 Å². The number of nitrogens with zero attached hydrogens (tertiary/aromatic N) is 5. The van der Waals surface area contributed by atoms with Crippen molar-refractivity contribution >= 4 is 34.3 Å². The Kier molecular flexibility index (Phi) is 5.15. The highest BCUT2D eigenvalue weighted by Gasteiger charge is 2.20. The van der Waals surface area contributed by atoms with E-state index in [1.807, 2.05) is 19.9 Å². The zero-order chi connectivity index (χ0) is 22.4. The second kappa shape index (κ2) is 7.99. The predicted octanol–water partition coefficient (Wildman–Crippen LogP) is 3.74. The molecule has 5 rings (SSSR count). The van der Waals surface area contributed by atoms with Crippen LogP contribution in [0.2, 0.25) is 5.02 Å². The molecule has 0 radical (unpaired) electrons. The zero-order valence-corrected chi connectivity index (χ0v) is 18.3. The number of hydrogen-bond donors (Lipinski definition) is 2. The van der Waals surface area contributed by atoms with E-state index in [1.165, 1.54) is 18.5 Å². The van der Waals surface area contributed by atoms with E-state index in [2.05, 4.69) is 25.6 Å². The molecule has 0 atom stereocenters. The summed E-state index contributed by atoms with van der Waals surface area (Å²) < 4.78 is 17.8. The topological polar surface area (TPSA) is 89.7 Å². The van der Waals surface area contributed by atoms with E-state index >= 15 is 0 Å². The molecule has 3 aromatic heterocycles. The van der Waals surface area contributed by atoms with Gasteiger partial charge in [0, 0.05) is 36.2 Å². The number of anilines is 2. The molecule has 0 saturated carbocycles. The number of hydrogen-bond acceptors (Lipinski definition) is 6. The van der Waals surface area contributed by atoms with Crippen LogP contribution in [0.15, 0.2) is 41.5 Å². The molecule has 0 unspecified atom stereocenters. The lowest BCUT2D eigenvalue weighted by Gasteiger charge is -2.19. The van der Waals surface area contributed by atoms with Crippen molar-refractivity contribution in [3.05, 3.63) is 69.0 Å². The monoisotopic (exact) mass is 453 g/mol. The molecule has 0 saturated heterocycles. The van der Waals surface area contributed by atoms with Gasteiger partial charge in [0.2, 0.25) is 5.95 Å². The lowest BCUT2D eigenvalue weighted by atomic mass is 10.00. The Morgan fingerprint density at radius 2 is 2.06 bits per heavy atom. The fourth-order valence-electron chi connectivity index (χ4n) is 3.99. The Labute approximate surface area is 188 Å². The fourth-order valence-corrected chi connectivity index (χ4v) is 4.10. The first-order chi connectivity index (χ1) is 15.4. The first-order valence-electron chi connectivity index (χ1n) is 10.3. The molecule has 4 aromatic rings. The van der Waals surface area contributed by atoms with Crippen molar-refractivity contribution in [2.75, 3.05) is 11.9 Å². The fraction of sp³-hybridized carbons (Fsp3) is 0.273. The van der Waals surface area contributed by atoms with Gasteiger partial charge in [-0.2, -0.15) is 4.98 Å². The number of nitrogens with one attached hydrogen (secondary N) is 2. The second-order valence-corrected chi connectivity index (χ2v) is 8.40. The van der Waals surface area contributed by atoms with Crippen molar-refractivity contribution in [1.29, 1.82) is 0 Å². The summed E-state index contributed by atoms with van der Waals surface area (Å²) in [5.74, 6) is 0.494. The maximum atomic E-state index is 14.6. The Hall–Kier alpha value is -3.30. The molecule has 8 nitrogen and oxygen atoms in total. The van der Waals surface area contributed by atoms with E-state index in [-0.39, 0.29) is 23.4 Å². The summed E-state index contributed by atoms with van der Waals surface area (Å²) in [7, 11) is 0. The molecule has 0 spiro atoms. The van der Waals surface area contributed by atoms with E-state index in [4.69, 9.17) is 11.6 Å². The van der Waals surface area contributed by atoms with E-state index in [0.717, 1.165) is 18.5 Å². The smallest absolute Gasteiger partial charge is 0.278 e. The van der Waals surface area contributed by atoms with Crippen molar-refractivity contribution in [2.24, 2.45) is 0 Å². The lowest BCUT2D eigenvalue weighted by molar-refractivity contribution is 0.472. The van der Waals surface area contributed by atoms with Crippen LogP contribution in [0.4, 0.5) is 16.0 Å². The van der Waals surface area contributed by atoms with Crippen LogP contribution < -0.4 is 16.2 Å². The minimum absolute atomic E-state index is 0.145. The molecule has 2 N–H and O–H groups in total. The first-order valence-corrected chi connectivity index (χ1v) is 10.7. The van der Waals surface area contributed by atoms with Gasteiger partial charge in [-0.1, -0.05) is 11.6 Å². The summed E-state index contributed by atoms with van der Waals surface area (Å²) in [6, 6.07) is 6.64. The van der Waals surface area contributed by atoms with Crippen LogP contribution in [0.1, 0.15) is 31.0 Å². The zero-order valence-electron chi connectivity index (χ0n) is 17.6. The molecule has 0 bridgehead atoms. The van der Waals surface area contributed by atoms with Crippen LogP contribution in [0.5, 0.6) is 0 Å². The minimum atomic E-state index is -0.272. The maximum absolute atomic E-state index is 14.6. The Bertz CT molecular complexity index is 1380. The van der Waals surface area contributed by atoms with E-state index in [9.17, 15) is 9.18 Å². The highest BCUT2D eigenvalue weighted by Crippen LogP contribution is 2.25. The van der Waals surface area contributed by atoms with Crippen molar-refractivity contribution in [3.63, 3.8) is 0 Å². The van der Waals surface area contributed by atoms with Gasteiger partial charge in [-0.3, -0.25) is 4.79 Å². The van der Waals surface area contributed by atoms with Gasteiger partial charge in [-0.05, 0) is 56.6 Å². The summed E-state index contributed by atoms with van der Waals surface area (Å²) in [6.07, 6.45) is 3.75. The molecule has 0 aliphatic carbocycles. The third-order valence-electron chi connectivity index (χ3n) is 5.46. The van der Waals surface area contributed by atoms with Gasteiger partial charge in [-0.15, -0.1) is 0 Å². The standard InChI is InChI=1S/C22H21ClFN7O/c1-12(2)30-21(32)17-11-27-22(29-20(17)31(30)19-4-3-14(23)9-26-19)28-15-7-13-5-6-25-10-16(13)18(24)8-15/h3-4,7-9,11-12,25H,5-6,10H2,1-2H3,(H,27,28,29). The van der Waals surface area contributed by atoms with Crippen LogP contribution in [0.3, 0.4) is 0 Å². The molecular weight excluding hydrogens is 433 g/mol. The molecule has 164 valence electrons. The van der Waals surface area contributed by atoms with E-state index in [0.29, 0.717) is 39.7 Å². The highest BCUT2D eigenvalue weighted by atomic mass is 35.5. The molecule has 10 heteroatoms. The SMILES string of the molecule is CC(C)n1c(=O)c2cnc(Nc3cc(F)c4c(c3)CCNC4)nc2n1-c1ccc(Cl)cn1. The van der Waals surface area contributed by atoms with Gasteiger partial charge in [0.05, 0.1) is 5.02 Å². The molecule has 32 heavy (non-hydrogen) atoms. The van der Waals surface area contributed by atoms with Crippen molar-refractivity contribution < 1.29 is 4.39 Å². The molecule has 1 aliphatic heterocycles. The highest BCUT2D eigenvalue weighted by molar-refractivity contribution is 6.30. The van der Waals surface area contributed by atoms with Crippen LogP contribution in [0.25, 0.3) is 16.9 Å². The Balaban J connectivity index is 1.62. The van der Waals surface area contributed by atoms with Crippen molar-refractivity contribution in [2.45, 2.75) is 32.9 Å². The maximum Gasteiger partial charge on any atom is 0.278 e. The van der Waals surface area contributed by atoms with Gasteiger partial charge >= 0.3 is 0 Å². The quantitative estimate of drug-likeness (QED) is 0.489. The molecule has 4 heterocycles. The van der Waals surface area contributed by atoms with Gasteiger partial charge < -0.3 is 10.6 Å². The predicted molar refractivity (Wildman–Crippen MR) is 121 cm³/mol. The van der Waals surface area contributed by atoms with Crippen LogP contribution in [0, 0.1) is 5.82 Å². The summed E-state index contributed by atoms with van der Waals surface area (Å²) in [4.78, 5) is 26.3. The summed E-state index contributed by atoms with van der Waals surface area (Å²) >= 11 is 5.99. The van der Waals surface area contributed by atoms with Crippen LogP contribution in [-0.2, 0) is 13.0 Å². The Morgan fingerprint density at radius 1 is 1.22 bits per heavy atom. The normalized spacial score (nSPS) is 13.5. The van der Waals surface area contributed by atoms with Gasteiger partial charge in [0.25, 0.3) is 5.56 Å². The molecule has 0 amide bonds. The van der Waals surface area contributed by atoms with Crippen molar-refractivity contribution in [3.8, 4) is 5.82 Å². The van der Waals surface area contributed by atoms with Gasteiger partial charge in [-0.25, -0.2) is 23.7 Å². The number of aromatic nitrogens is 5. The van der Waals surface area contributed by atoms with Crippen molar-refractivity contribution in [1.82, 2.24) is 29.6 Å². The number of fused-ring (bicyclic) bond motifs is 2. The van der Waals surface area contributed by atoms with Gasteiger partial charge in [0.1, 0.15) is 11.2 Å². The summed E-state index contributed by atoms with van der Waals surface area (Å²) in [5.41, 5.74) is 2.39. The largest absolute Gasteiger partial charge is 0.324 e.